The fourth-order valence-corrected chi connectivity index (χ4v) is 1.68. The summed E-state index contributed by atoms with van der Waals surface area (Å²) in [6.07, 6.45) is 3.63. The molecule has 2 N–H and O–H groups in total. The summed E-state index contributed by atoms with van der Waals surface area (Å²) in [5, 5.41) is 0. The summed E-state index contributed by atoms with van der Waals surface area (Å²) in [5.74, 6) is -0.950. The number of nitrogen functional groups attached to an aromatic ring is 1. The second-order valence-corrected chi connectivity index (χ2v) is 4.54. The van der Waals surface area contributed by atoms with Crippen LogP contribution < -0.4 is 5.73 Å². The standard InChI is InChI=1S/C13H17N5O5/c1-9(19)23-6-11(20)22-4-2-3-21-8-18-7-16-10-5-15-13(14)17-12(10)18/h5,7H,2-4,6,8H2,1H3,(H2,14,15,17). The highest BCUT2D eigenvalue weighted by Gasteiger charge is 2.06. The van der Waals surface area contributed by atoms with Crippen LogP contribution in [0.4, 0.5) is 5.95 Å². The van der Waals surface area contributed by atoms with Crippen LogP contribution in [0.15, 0.2) is 12.5 Å². The topological polar surface area (TPSA) is 131 Å². The first kappa shape index (κ1) is 16.6. The van der Waals surface area contributed by atoms with Crippen LogP contribution in [0.1, 0.15) is 13.3 Å². The van der Waals surface area contributed by atoms with Crippen molar-refractivity contribution in [3.63, 3.8) is 0 Å². The molecule has 0 unspecified atom stereocenters. The molecule has 10 nitrogen and oxygen atoms in total. The molecule has 0 aliphatic rings. The Hall–Kier alpha value is -2.75. The second-order valence-electron chi connectivity index (χ2n) is 4.54. The van der Waals surface area contributed by atoms with Crippen LogP contribution in [-0.4, -0.2) is 51.3 Å². The molecule has 0 bridgehead atoms. The van der Waals surface area contributed by atoms with Gasteiger partial charge < -0.3 is 19.9 Å². The van der Waals surface area contributed by atoms with Crippen LogP contribution in [0, 0.1) is 0 Å². The van der Waals surface area contributed by atoms with Crippen molar-refractivity contribution in [3.05, 3.63) is 12.5 Å². The van der Waals surface area contributed by atoms with E-state index in [4.69, 9.17) is 15.2 Å². The minimum absolute atomic E-state index is 0.166. The first-order valence-corrected chi connectivity index (χ1v) is 6.86. The lowest BCUT2D eigenvalue weighted by Gasteiger charge is -2.07. The molecule has 0 saturated carbocycles. The van der Waals surface area contributed by atoms with Gasteiger partial charge in [-0.1, -0.05) is 0 Å². The van der Waals surface area contributed by atoms with Crippen molar-refractivity contribution in [2.45, 2.75) is 20.1 Å². The van der Waals surface area contributed by atoms with E-state index in [0.29, 0.717) is 24.2 Å². The molecule has 0 fully saturated rings. The average Bonchev–Trinajstić information content (AvgIpc) is 2.91. The zero-order valence-electron chi connectivity index (χ0n) is 12.6. The van der Waals surface area contributed by atoms with E-state index in [1.54, 1.807) is 10.9 Å². The Bertz CT molecular complexity index is 686. The predicted molar refractivity (Wildman–Crippen MR) is 77.9 cm³/mol. The molecule has 0 saturated heterocycles. The zero-order valence-corrected chi connectivity index (χ0v) is 12.6. The Morgan fingerprint density at radius 3 is 2.87 bits per heavy atom. The van der Waals surface area contributed by atoms with Gasteiger partial charge in [0.2, 0.25) is 5.95 Å². The first-order chi connectivity index (χ1) is 11.1. The van der Waals surface area contributed by atoms with Crippen molar-refractivity contribution in [1.82, 2.24) is 19.5 Å². The van der Waals surface area contributed by atoms with E-state index < -0.39 is 11.9 Å². The Morgan fingerprint density at radius 2 is 2.09 bits per heavy atom. The molecular weight excluding hydrogens is 306 g/mol. The summed E-state index contributed by atoms with van der Waals surface area (Å²) in [5.41, 5.74) is 6.75. The fraction of sp³-hybridized carbons (Fsp3) is 0.462. The van der Waals surface area contributed by atoms with Gasteiger partial charge in [0.15, 0.2) is 12.3 Å². The molecular formula is C13H17N5O5. The van der Waals surface area contributed by atoms with Gasteiger partial charge in [-0.3, -0.25) is 9.36 Å². The lowest BCUT2D eigenvalue weighted by molar-refractivity contribution is -0.157. The van der Waals surface area contributed by atoms with Crippen molar-refractivity contribution in [3.8, 4) is 0 Å². The van der Waals surface area contributed by atoms with E-state index in [0.717, 1.165) is 0 Å². The van der Waals surface area contributed by atoms with Gasteiger partial charge in [0, 0.05) is 13.3 Å². The zero-order chi connectivity index (χ0) is 16.7. The number of hydrogen-bond donors (Lipinski definition) is 1. The van der Waals surface area contributed by atoms with Crippen molar-refractivity contribution in [2.75, 3.05) is 25.6 Å². The molecule has 0 atom stereocenters. The molecule has 10 heteroatoms. The summed E-state index contributed by atoms with van der Waals surface area (Å²) in [7, 11) is 0. The molecule has 0 aromatic carbocycles. The molecule has 0 aliphatic carbocycles. The molecule has 2 rings (SSSR count). The highest BCUT2D eigenvalue weighted by atomic mass is 16.6. The summed E-state index contributed by atoms with van der Waals surface area (Å²) >= 11 is 0. The number of anilines is 1. The normalized spacial score (nSPS) is 10.7. The summed E-state index contributed by atoms with van der Waals surface area (Å²) < 4.78 is 16.5. The number of carbonyl (C=O) groups excluding carboxylic acids is 2. The lowest BCUT2D eigenvalue weighted by atomic mass is 10.5. The Kier molecular flexibility index (Phi) is 5.80. The number of ether oxygens (including phenoxy) is 3. The van der Waals surface area contributed by atoms with Gasteiger partial charge in [-0.2, -0.15) is 4.98 Å². The molecule has 0 aliphatic heterocycles. The van der Waals surface area contributed by atoms with Gasteiger partial charge in [-0.15, -0.1) is 0 Å². The largest absolute Gasteiger partial charge is 0.463 e. The number of fused-ring (bicyclic) bond motifs is 1. The minimum Gasteiger partial charge on any atom is -0.463 e. The minimum atomic E-state index is -0.590. The number of aromatic nitrogens is 4. The highest BCUT2D eigenvalue weighted by Crippen LogP contribution is 2.09. The predicted octanol–water partition coefficient (Wildman–Crippen LogP) is -0.121. The molecule has 2 heterocycles. The Labute approximate surface area is 131 Å². The van der Waals surface area contributed by atoms with Crippen LogP contribution >= 0.6 is 0 Å². The van der Waals surface area contributed by atoms with E-state index in [-0.39, 0.29) is 25.9 Å². The maximum Gasteiger partial charge on any atom is 0.344 e. The molecule has 2 aromatic heterocycles. The average molecular weight is 323 g/mol. The van der Waals surface area contributed by atoms with Gasteiger partial charge in [0.1, 0.15) is 12.2 Å². The van der Waals surface area contributed by atoms with Gasteiger partial charge in [-0.05, 0) is 0 Å². The smallest absolute Gasteiger partial charge is 0.344 e. The SMILES string of the molecule is CC(=O)OCC(=O)OCCCOCn1cnc2cnc(N)nc21. The van der Waals surface area contributed by atoms with Crippen molar-refractivity contribution in [1.29, 1.82) is 0 Å². The van der Waals surface area contributed by atoms with Crippen molar-refractivity contribution >= 4 is 29.1 Å². The highest BCUT2D eigenvalue weighted by molar-refractivity contribution is 5.75. The Balaban J connectivity index is 1.64. The number of rotatable bonds is 8. The van der Waals surface area contributed by atoms with Crippen LogP contribution in [0.5, 0.6) is 0 Å². The maximum absolute atomic E-state index is 11.2. The quantitative estimate of drug-likeness (QED) is 0.521. The maximum atomic E-state index is 11.2. The number of nitrogens with zero attached hydrogens (tertiary/aromatic N) is 4. The van der Waals surface area contributed by atoms with Crippen LogP contribution in [0.25, 0.3) is 11.2 Å². The van der Waals surface area contributed by atoms with Gasteiger partial charge in [0.05, 0.1) is 25.7 Å². The monoisotopic (exact) mass is 323 g/mol. The van der Waals surface area contributed by atoms with Gasteiger partial charge in [0.25, 0.3) is 0 Å². The van der Waals surface area contributed by atoms with Crippen LogP contribution in [-0.2, 0) is 30.5 Å². The van der Waals surface area contributed by atoms with Crippen molar-refractivity contribution in [2.24, 2.45) is 0 Å². The number of esters is 2. The van der Waals surface area contributed by atoms with E-state index in [1.165, 1.54) is 13.1 Å². The number of carbonyl (C=O) groups is 2. The molecule has 0 amide bonds. The number of hydrogen-bond acceptors (Lipinski definition) is 9. The first-order valence-electron chi connectivity index (χ1n) is 6.86. The van der Waals surface area contributed by atoms with Crippen LogP contribution in [0.3, 0.4) is 0 Å². The molecule has 124 valence electrons. The summed E-state index contributed by atoms with van der Waals surface area (Å²) in [6.45, 7) is 1.65. The van der Waals surface area contributed by atoms with Gasteiger partial charge in [-0.25, -0.2) is 14.8 Å². The van der Waals surface area contributed by atoms with E-state index in [9.17, 15) is 9.59 Å². The molecule has 0 spiro atoms. The number of nitrogens with two attached hydrogens (primary N) is 1. The summed E-state index contributed by atoms with van der Waals surface area (Å²) in [6, 6.07) is 0. The molecule has 2 aromatic rings. The molecule has 0 radical (unpaired) electrons. The van der Waals surface area contributed by atoms with Crippen molar-refractivity contribution < 1.29 is 23.8 Å². The Morgan fingerprint density at radius 1 is 1.26 bits per heavy atom. The van der Waals surface area contributed by atoms with Gasteiger partial charge >= 0.3 is 11.9 Å². The number of imidazole rings is 1. The molecule has 23 heavy (non-hydrogen) atoms. The third-order valence-electron chi connectivity index (χ3n) is 2.70. The van der Waals surface area contributed by atoms with E-state index in [2.05, 4.69) is 19.7 Å². The fourth-order valence-electron chi connectivity index (χ4n) is 1.68. The summed E-state index contributed by atoms with van der Waals surface area (Å²) in [4.78, 5) is 33.7. The third kappa shape index (κ3) is 5.18. The third-order valence-corrected chi connectivity index (χ3v) is 2.70. The van der Waals surface area contributed by atoms with Crippen LogP contribution in [0.2, 0.25) is 0 Å². The lowest BCUT2D eigenvalue weighted by Crippen LogP contribution is -2.16. The van der Waals surface area contributed by atoms with E-state index >= 15 is 0 Å². The van der Waals surface area contributed by atoms with E-state index in [1.807, 2.05) is 0 Å². The second kappa shape index (κ2) is 8.03.